The van der Waals surface area contributed by atoms with E-state index in [0.717, 1.165) is 32.2 Å². The molecular formula is C22H25N3O4. The SMILES string of the molecule is CCC1CCCCN1C(=O)c1cccc(C(=O)Nc2ccc3c(c2)OCCO3)n1. The molecule has 2 amide bonds. The van der Waals surface area contributed by atoms with Crippen molar-refractivity contribution in [3.05, 3.63) is 47.8 Å². The predicted molar refractivity (Wildman–Crippen MR) is 109 cm³/mol. The van der Waals surface area contributed by atoms with E-state index >= 15 is 0 Å². The molecule has 0 aliphatic carbocycles. The van der Waals surface area contributed by atoms with Gasteiger partial charge in [-0.25, -0.2) is 4.98 Å². The first-order valence-corrected chi connectivity index (χ1v) is 10.1. The summed E-state index contributed by atoms with van der Waals surface area (Å²) in [6, 6.07) is 10.5. The number of rotatable bonds is 4. The second-order valence-corrected chi connectivity index (χ2v) is 7.28. The van der Waals surface area contributed by atoms with Crippen LogP contribution in [0.4, 0.5) is 5.69 Å². The van der Waals surface area contributed by atoms with Gasteiger partial charge in [-0.2, -0.15) is 0 Å². The maximum absolute atomic E-state index is 13.0. The van der Waals surface area contributed by atoms with Gasteiger partial charge in [-0.15, -0.1) is 0 Å². The first-order valence-electron chi connectivity index (χ1n) is 10.1. The molecule has 1 aromatic carbocycles. The van der Waals surface area contributed by atoms with Gasteiger partial charge in [0.25, 0.3) is 11.8 Å². The predicted octanol–water partition coefficient (Wildman–Crippen LogP) is 3.51. The van der Waals surface area contributed by atoms with E-state index in [1.807, 2.05) is 4.90 Å². The van der Waals surface area contributed by atoms with Crippen LogP contribution in [-0.4, -0.2) is 47.5 Å². The number of piperidine rings is 1. The third-order valence-corrected chi connectivity index (χ3v) is 5.36. The highest BCUT2D eigenvalue weighted by molar-refractivity contribution is 6.04. The number of carbonyl (C=O) groups excluding carboxylic acids is 2. The minimum atomic E-state index is -0.373. The average Bonchev–Trinajstić information content (AvgIpc) is 2.78. The summed E-state index contributed by atoms with van der Waals surface area (Å²) in [5, 5.41) is 2.81. The summed E-state index contributed by atoms with van der Waals surface area (Å²) in [5.74, 6) is 0.779. The molecule has 0 bridgehead atoms. The van der Waals surface area contributed by atoms with Crippen LogP contribution in [0.5, 0.6) is 11.5 Å². The second kappa shape index (κ2) is 8.51. The van der Waals surface area contributed by atoms with Crippen LogP contribution < -0.4 is 14.8 Å². The topological polar surface area (TPSA) is 80.8 Å². The molecule has 7 heteroatoms. The van der Waals surface area contributed by atoms with Crippen molar-refractivity contribution in [2.45, 2.75) is 38.6 Å². The summed E-state index contributed by atoms with van der Waals surface area (Å²) in [5.41, 5.74) is 1.09. The van der Waals surface area contributed by atoms with Crippen LogP contribution in [0, 0.1) is 0 Å². The van der Waals surface area contributed by atoms with Crippen molar-refractivity contribution < 1.29 is 19.1 Å². The lowest BCUT2D eigenvalue weighted by atomic mass is 9.99. The van der Waals surface area contributed by atoms with Crippen LogP contribution in [0.25, 0.3) is 0 Å². The smallest absolute Gasteiger partial charge is 0.274 e. The van der Waals surface area contributed by atoms with Crippen molar-refractivity contribution in [3.63, 3.8) is 0 Å². The van der Waals surface area contributed by atoms with Crippen LogP contribution >= 0.6 is 0 Å². The zero-order valence-corrected chi connectivity index (χ0v) is 16.5. The molecule has 29 heavy (non-hydrogen) atoms. The molecule has 1 fully saturated rings. The fraction of sp³-hybridized carbons (Fsp3) is 0.409. The molecule has 2 aliphatic heterocycles. The molecule has 0 spiro atoms. The molecule has 2 aliphatic rings. The molecule has 1 atom stereocenters. The number of hydrogen-bond acceptors (Lipinski definition) is 5. The third-order valence-electron chi connectivity index (χ3n) is 5.36. The van der Waals surface area contributed by atoms with Crippen molar-refractivity contribution in [2.75, 3.05) is 25.1 Å². The third kappa shape index (κ3) is 4.18. The van der Waals surface area contributed by atoms with Crippen LogP contribution in [0.2, 0.25) is 0 Å². The maximum Gasteiger partial charge on any atom is 0.274 e. The summed E-state index contributed by atoms with van der Waals surface area (Å²) in [4.78, 5) is 31.9. The molecule has 1 aromatic heterocycles. The fourth-order valence-corrected chi connectivity index (χ4v) is 3.84. The Labute approximate surface area is 170 Å². The summed E-state index contributed by atoms with van der Waals surface area (Å²) in [6.07, 6.45) is 4.10. The number of likely N-dealkylation sites (tertiary alicyclic amines) is 1. The molecule has 2 aromatic rings. The van der Waals surface area contributed by atoms with Crippen LogP contribution in [-0.2, 0) is 0 Å². The number of fused-ring (bicyclic) bond motifs is 1. The number of anilines is 1. The normalized spacial score (nSPS) is 18.2. The van der Waals surface area contributed by atoms with E-state index in [9.17, 15) is 9.59 Å². The number of nitrogens with zero attached hydrogens (tertiary/aromatic N) is 2. The van der Waals surface area contributed by atoms with E-state index in [1.54, 1.807) is 36.4 Å². The minimum Gasteiger partial charge on any atom is -0.486 e. The monoisotopic (exact) mass is 395 g/mol. The first-order chi connectivity index (χ1) is 14.2. The van der Waals surface area contributed by atoms with Crippen molar-refractivity contribution in [1.82, 2.24) is 9.88 Å². The lowest BCUT2D eigenvalue weighted by molar-refractivity contribution is 0.0602. The molecule has 7 nitrogen and oxygen atoms in total. The fourth-order valence-electron chi connectivity index (χ4n) is 3.84. The van der Waals surface area contributed by atoms with Gasteiger partial charge in [0.2, 0.25) is 0 Å². The Morgan fingerprint density at radius 3 is 2.72 bits per heavy atom. The largest absolute Gasteiger partial charge is 0.486 e. The molecule has 0 radical (unpaired) electrons. The van der Waals surface area contributed by atoms with Gasteiger partial charge >= 0.3 is 0 Å². The van der Waals surface area contributed by atoms with Gasteiger partial charge in [-0.1, -0.05) is 13.0 Å². The van der Waals surface area contributed by atoms with E-state index in [0.29, 0.717) is 36.1 Å². The number of hydrogen-bond donors (Lipinski definition) is 1. The number of pyridine rings is 1. The minimum absolute atomic E-state index is 0.106. The molecular weight excluding hydrogens is 370 g/mol. The Balaban J connectivity index is 1.49. The van der Waals surface area contributed by atoms with E-state index in [2.05, 4.69) is 17.2 Å². The maximum atomic E-state index is 13.0. The van der Waals surface area contributed by atoms with Crippen molar-refractivity contribution in [2.24, 2.45) is 0 Å². The Morgan fingerprint density at radius 2 is 1.90 bits per heavy atom. The van der Waals surface area contributed by atoms with Gasteiger partial charge < -0.3 is 19.7 Å². The molecule has 4 rings (SSSR count). The molecule has 152 valence electrons. The molecule has 1 saturated heterocycles. The standard InChI is InChI=1S/C22H25N3O4/c1-2-16-6-3-4-11-25(16)22(27)18-8-5-7-17(24-18)21(26)23-15-9-10-19-20(14-15)29-13-12-28-19/h5,7-10,14,16H,2-4,6,11-13H2,1H3,(H,23,26). The van der Waals surface area contributed by atoms with Crippen molar-refractivity contribution in [1.29, 1.82) is 0 Å². The number of amides is 2. The van der Waals surface area contributed by atoms with Gasteiger partial charge in [0.15, 0.2) is 11.5 Å². The zero-order valence-electron chi connectivity index (χ0n) is 16.5. The van der Waals surface area contributed by atoms with Crippen molar-refractivity contribution >= 4 is 17.5 Å². The summed E-state index contributed by atoms with van der Waals surface area (Å²) in [7, 11) is 0. The number of benzene rings is 1. The van der Waals surface area contributed by atoms with Crippen LogP contribution in [0.1, 0.15) is 53.6 Å². The quantitative estimate of drug-likeness (QED) is 0.857. The summed E-state index contributed by atoms with van der Waals surface area (Å²) >= 11 is 0. The van der Waals surface area contributed by atoms with Gasteiger partial charge in [0, 0.05) is 24.3 Å². The Bertz CT molecular complexity index is 915. The Hall–Kier alpha value is -3.09. The zero-order chi connectivity index (χ0) is 20.2. The first kappa shape index (κ1) is 19.2. The van der Waals surface area contributed by atoms with Crippen LogP contribution in [0.15, 0.2) is 36.4 Å². The van der Waals surface area contributed by atoms with Gasteiger partial charge in [-0.05, 0) is 49.9 Å². The molecule has 1 N–H and O–H groups in total. The number of nitrogens with one attached hydrogen (secondary N) is 1. The van der Waals surface area contributed by atoms with E-state index in [-0.39, 0.29) is 23.6 Å². The van der Waals surface area contributed by atoms with E-state index < -0.39 is 0 Å². The number of aromatic nitrogens is 1. The molecule has 3 heterocycles. The highest BCUT2D eigenvalue weighted by Gasteiger charge is 2.27. The summed E-state index contributed by atoms with van der Waals surface area (Å²) < 4.78 is 11.0. The second-order valence-electron chi connectivity index (χ2n) is 7.28. The summed E-state index contributed by atoms with van der Waals surface area (Å²) in [6.45, 7) is 3.83. The Kier molecular flexibility index (Phi) is 5.64. The van der Waals surface area contributed by atoms with E-state index in [4.69, 9.17) is 9.47 Å². The van der Waals surface area contributed by atoms with E-state index in [1.165, 1.54) is 0 Å². The average molecular weight is 395 g/mol. The lowest BCUT2D eigenvalue weighted by Crippen LogP contribution is -2.43. The molecule has 0 saturated carbocycles. The van der Waals surface area contributed by atoms with Gasteiger partial charge in [-0.3, -0.25) is 9.59 Å². The van der Waals surface area contributed by atoms with Crippen LogP contribution in [0.3, 0.4) is 0 Å². The Morgan fingerprint density at radius 1 is 1.10 bits per heavy atom. The number of ether oxygens (including phenoxy) is 2. The molecule has 1 unspecified atom stereocenters. The highest BCUT2D eigenvalue weighted by atomic mass is 16.6. The van der Waals surface area contributed by atoms with Gasteiger partial charge in [0.1, 0.15) is 24.6 Å². The lowest BCUT2D eigenvalue weighted by Gasteiger charge is -2.35. The highest BCUT2D eigenvalue weighted by Crippen LogP contribution is 2.32. The van der Waals surface area contributed by atoms with Gasteiger partial charge in [0.05, 0.1) is 0 Å². The van der Waals surface area contributed by atoms with Crippen molar-refractivity contribution in [3.8, 4) is 11.5 Å². The number of carbonyl (C=O) groups is 2.